The minimum atomic E-state index is -0.489. The van der Waals surface area contributed by atoms with E-state index in [9.17, 15) is 14.4 Å². The molecule has 3 aromatic carbocycles. The van der Waals surface area contributed by atoms with Gasteiger partial charge >= 0.3 is 17.9 Å². The first-order valence-electron chi connectivity index (χ1n) is 13.9. The average molecular weight is 539 g/mol. The van der Waals surface area contributed by atoms with E-state index >= 15 is 0 Å². The zero-order chi connectivity index (χ0) is 27.5. The standard InChI is InChI=1S/C33H30O7/c34-29(37-17-7-10-21-8-3-1-4-9-21)20-38-24-15-13-23(14-16-24)31-26-19-27-25(18-28(26)40-33(31)36)30(32(35)39-27)22-11-5-2-6-12-22/h2,5-6,11-16,18-19,21H,1,3-4,7-10,17,20H2. The van der Waals surface area contributed by atoms with E-state index in [2.05, 4.69) is 0 Å². The summed E-state index contributed by atoms with van der Waals surface area (Å²) in [7, 11) is 0. The molecule has 0 spiro atoms. The van der Waals surface area contributed by atoms with Crippen molar-refractivity contribution in [2.24, 2.45) is 5.92 Å². The summed E-state index contributed by atoms with van der Waals surface area (Å²) in [5.41, 5.74) is 2.16. The van der Waals surface area contributed by atoms with E-state index in [1.165, 1.54) is 32.1 Å². The first kappa shape index (κ1) is 25.9. The summed E-state index contributed by atoms with van der Waals surface area (Å²) in [6.07, 6.45) is 8.55. The lowest BCUT2D eigenvalue weighted by atomic mass is 9.86. The molecule has 6 rings (SSSR count). The van der Waals surface area contributed by atoms with Crippen LogP contribution in [0.4, 0.5) is 0 Å². The van der Waals surface area contributed by atoms with Crippen molar-refractivity contribution >= 4 is 29.1 Å². The first-order valence-corrected chi connectivity index (χ1v) is 13.9. The highest BCUT2D eigenvalue weighted by Gasteiger charge is 2.30. The van der Waals surface area contributed by atoms with Crippen LogP contribution in [0, 0.1) is 5.92 Å². The van der Waals surface area contributed by atoms with Gasteiger partial charge in [0.1, 0.15) is 17.2 Å². The first-order chi connectivity index (χ1) is 19.6. The Balaban J connectivity index is 1.12. The Bertz CT molecular complexity index is 1570. The predicted octanol–water partition coefficient (Wildman–Crippen LogP) is 4.21. The van der Waals surface area contributed by atoms with Crippen molar-refractivity contribution in [2.75, 3.05) is 13.2 Å². The van der Waals surface area contributed by atoms with E-state index in [0.717, 1.165) is 24.3 Å². The van der Waals surface area contributed by atoms with Gasteiger partial charge in [0.05, 0.1) is 17.8 Å². The van der Waals surface area contributed by atoms with Gasteiger partial charge in [0.25, 0.3) is 0 Å². The number of esters is 3. The summed E-state index contributed by atoms with van der Waals surface area (Å²) < 4.78 is 22.0. The molecule has 2 aliphatic heterocycles. The normalized spacial score (nSPS) is 16.3. The lowest BCUT2D eigenvalue weighted by molar-refractivity contribution is -0.146. The van der Waals surface area contributed by atoms with Crippen LogP contribution in [0.3, 0.4) is 0 Å². The van der Waals surface area contributed by atoms with Gasteiger partial charge in [-0.05, 0) is 54.2 Å². The molecule has 7 nitrogen and oxygen atoms in total. The molecular formula is C33H30O7. The molecular weight excluding hydrogens is 508 g/mol. The number of rotatable bonds is 9. The Hall–Kier alpha value is -4.39. The summed E-state index contributed by atoms with van der Waals surface area (Å²) in [5.74, 6) is 0.683. The van der Waals surface area contributed by atoms with Crippen molar-refractivity contribution in [1.29, 1.82) is 0 Å². The molecule has 0 bridgehead atoms. The summed E-state index contributed by atoms with van der Waals surface area (Å²) in [6, 6.07) is 19.5. The molecule has 0 aromatic heterocycles. The SMILES string of the molecule is O=C(COc1ccc(C2=c3cc4c(cc3OC2=O)=C(c2ccccc2)C(=O)O4)cc1)OCCCC1CCCCC1. The van der Waals surface area contributed by atoms with Crippen molar-refractivity contribution in [3.05, 3.63) is 88.3 Å². The molecule has 0 radical (unpaired) electrons. The largest absolute Gasteiger partial charge is 0.482 e. The number of fused-ring (bicyclic) bond motifs is 2. The third-order valence-corrected chi connectivity index (χ3v) is 7.74. The molecule has 1 saturated carbocycles. The highest BCUT2D eigenvalue weighted by Crippen LogP contribution is 2.28. The molecule has 204 valence electrons. The molecule has 0 saturated heterocycles. The Morgan fingerprint density at radius 2 is 1.38 bits per heavy atom. The molecule has 2 heterocycles. The summed E-state index contributed by atoms with van der Waals surface area (Å²) in [4.78, 5) is 37.6. The summed E-state index contributed by atoms with van der Waals surface area (Å²) in [6.45, 7) is 0.239. The second-order valence-electron chi connectivity index (χ2n) is 10.4. The molecule has 3 aromatic rings. The Labute approximate surface area is 232 Å². The predicted molar refractivity (Wildman–Crippen MR) is 147 cm³/mol. The van der Waals surface area contributed by atoms with Crippen LogP contribution < -0.4 is 24.6 Å². The maximum Gasteiger partial charge on any atom is 0.344 e. The van der Waals surface area contributed by atoms with Crippen LogP contribution in [0.2, 0.25) is 0 Å². The van der Waals surface area contributed by atoms with Crippen LogP contribution in [0.15, 0.2) is 66.7 Å². The van der Waals surface area contributed by atoms with Crippen LogP contribution in [-0.4, -0.2) is 31.1 Å². The fraction of sp³-hybridized carbons (Fsp3) is 0.303. The van der Waals surface area contributed by atoms with Gasteiger partial charge in [-0.1, -0.05) is 74.6 Å². The molecule has 0 amide bonds. The van der Waals surface area contributed by atoms with Crippen LogP contribution in [0.25, 0.3) is 11.1 Å². The third kappa shape index (κ3) is 5.37. The molecule has 1 aliphatic carbocycles. The molecule has 1 fully saturated rings. The van der Waals surface area contributed by atoms with Gasteiger partial charge in [0.15, 0.2) is 6.61 Å². The molecule has 0 N–H and O–H groups in total. The van der Waals surface area contributed by atoms with Crippen molar-refractivity contribution < 1.29 is 33.3 Å². The van der Waals surface area contributed by atoms with Gasteiger partial charge in [-0.3, -0.25) is 0 Å². The molecule has 0 unspecified atom stereocenters. The van der Waals surface area contributed by atoms with Gasteiger partial charge in [-0.2, -0.15) is 0 Å². The smallest absolute Gasteiger partial charge is 0.344 e. The lowest BCUT2D eigenvalue weighted by Gasteiger charge is -2.21. The van der Waals surface area contributed by atoms with Crippen LogP contribution in [0.5, 0.6) is 17.2 Å². The van der Waals surface area contributed by atoms with E-state index < -0.39 is 17.9 Å². The zero-order valence-corrected chi connectivity index (χ0v) is 22.1. The summed E-state index contributed by atoms with van der Waals surface area (Å²) >= 11 is 0. The summed E-state index contributed by atoms with van der Waals surface area (Å²) in [5, 5.41) is 1.14. The van der Waals surface area contributed by atoms with Crippen molar-refractivity contribution in [3.8, 4) is 17.2 Å². The van der Waals surface area contributed by atoms with Crippen molar-refractivity contribution in [2.45, 2.75) is 44.9 Å². The highest BCUT2D eigenvalue weighted by atomic mass is 16.6. The maximum atomic E-state index is 12.8. The van der Waals surface area contributed by atoms with E-state index in [1.54, 1.807) is 36.4 Å². The topological polar surface area (TPSA) is 88.1 Å². The second kappa shape index (κ2) is 11.4. The maximum absolute atomic E-state index is 12.8. The van der Waals surface area contributed by atoms with Gasteiger partial charge < -0.3 is 18.9 Å². The number of carbonyl (C=O) groups excluding carboxylic acids is 3. The average Bonchev–Trinajstić information content (AvgIpc) is 3.47. The molecule has 0 atom stereocenters. The van der Waals surface area contributed by atoms with Crippen LogP contribution in [-0.2, 0) is 19.1 Å². The molecule has 40 heavy (non-hydrogen) atoms. The number of benzene rings is 3. The monoisotopic (exact) mass is 538 g/mol. The number of hydrogen-bond acceptors (Lipinski definition) is 7. The number of ether oxygens (including phenoxy) is 4. The second-order valence-corrected chi connectivity index (χ2v) is 10.4. The van der Waals surface area contributed by atoms with E-state index in [0.29, 0.717) is 51.0 Å². The van der Waals surface area contributed by atoms with Crippen LogP contribution >= 0.6 is 0 Å². The van der Waals surface area contributed by atoms with E-state index in [4.69, 9.17) is 18.9 Å². The minimum absolute atomic E-state index is 0.179. The number of hydrogen-bond donors (Lipinski definition) is 0. The zero-order valence-electron chi connectivity index (χ0n) is 22.1. The van der Waals surface area contributed by atoms with E-state index in [-0.39, 0.29) is 6.61 Å². The van der Waals surface area contributed by atoms with Gasteiger partial charge in [-0.15, -0.1) is 0 Å². The third-order valence-electron chi connectivity index (χ3n) is 7.74. The Morgan fingerprint density at radius 3 is 2.00 bits per heavy atom. The Kier molecular flexibility index (Phi) is 7.36. The van der Waals surface area contributed by atoms with Gasteiger partial charge in [0, 0.05) is 10.4 Å². The number of carbonyl (C=O) groups is 3. The minimum Gasteiger partial charge on any atom is -0.482 e. The van der Waals surface area contributed by atoms with Crippen molar-refractivity contribution in [3.63, 3.8) is 0 Å². The fourth-order valence-electron chi connectivity index (χ4n) is 5.73. The lowest BCUT2D eigenvalue weighted by Crippen LogP contribution is -2.16. The Morgan fingerprint density at radius 1 is 0.775 bits per heavy atom. The van der Waals surface area contributed by atoms with Gasteiger partial charge in [-0.25, -0.2) is 14.4 Å². The van der Waals surface area contributed by atoms with Gasteiger partial charge in [0.2, 0.25) is 0 Å². The van der Waals surface area contributed by atoms with Crippen LogP contribution in [0.1, 0.15) is 56.1 Å². The highest BCUT2D eigenvalue weighted by molar-refractivity contribution is 6.21. The molecule has 3 aliphatic rings. The van der Waals surface area contributed by atoms with E-state index in [1.807, 2.05) is 30.3 Å². The van der Waals surface area contributed by atoms with Crippen molar-refractivity contribution in [1.82, 2.24) is 0 Å². The molecule has 7 heteroatoms. The fourth-order valence-corrected chi connectivity index (χ4v) is 5.73. The quantitative estimate of drug-likeness (QED) is 0.229.